The molecule has 31 heavy (non-hydrogen) atoms. The average molecular weight is 449 g/mol. The van der Waals surface area contributed by atoms with Gasteiger partial charge in [0.25, 0.3) is 10.0 Å². The number of carbonyl (C=O) groups is 1. The third-order valence-corrected chi connectivity index (χ3v) is 6.81. The topological polar surface area (TPSA) is 84.9 Å². The number of nitrogens with zero attached hydrogens (tertiary/aromatic N) is 1. The lowest BCUT2D eigenvalue weighted by Gasteiger charge is -2.29. The highest BCUT2D eigenvalue weighted by Gasteiger charge is 2.31. The number of carbonyl (C=O) groups excluding carboxylic acids is 1. The maximum absolute atomic E-state index is 13.5. The third kappa shape index (κ3) is 5.91. The summed E-state index contributed by atoms with van der Waals surface area (Å²) >= 11 is 0. The van der Waals surface area contributed by atoms with E-state index in [1.54, 1.807) is 36.4 Å². The summed E-state index contributed by atoms with van der Waals surface area (Å²) in [6, 6.07) is 12.8. The van der Waals surface area contributed by atoms with Crippen molar-refractivity contribution < 1.29 is 22.7 Å². The van der Waals surface area contributed by atoms with Crippen LogP contribution in [0.15, 0.2) is 53.4 Å². The molecule has 2 aromatic rings. The molecule has 0 saturated carbocycles. The summed E-state index contributed by atoms with van der Waals surface area (Å²) in [6.07, 6.45) is 0. The second-order valence-corrected chi connectivity index (χ2v) is 9.81. The highest BCUT2D eigenvalue weighted by molar-refractivity contribution is 7.92. The van der Waals surface area contributed by atoms with E-state index in [9.17, 15) is 13.2 Å². The van der Waals surface area contributed by atoms with Crippen molar-refractivity contribution in [2.75, 3.05) is 25.1 Å². The first kappa shape index (κ1) is 24.5. The van der Waals surface area contributed by atoms with Gasteiger partial charge in [-0.2, -0.15) is 0 Å². The van der Waals surface area contributed by atoms with Crippen molar-refractivity contribution in [3.8, 4) is 11.5 Å². The Kier molecular flexibility index (Phi) is 8.33. The molecule has 0 bridgehead atoms. The van der Waals surface area contributed by atoms with Crippen molar-refractivity contribution in [3.05, 3.63) is 48.5 Å². The summed E-state index contributed by atoms with van der Waals surface area (Å²) in [5.41, 5.74) is 0.228. The summed E-state index contributed by atoms with van der Waals surface area (Å²) < 4.78 is 38.8. The van der Waals surface area contributed by atoms with Gasteiger partial charge in [-0.1, -0.05) is 45.9 Å². The molecule has 0 aliphatic carbocycles. The maximum Gasteiger partial charge on any atom is 0.264 e. The number of rotatable bonds is 10. The van der Waals surface area contributed by atoms with Crippen LogP contribution >= 0.6 is 0 Å². The Hall–Kier alpha value is -2.74. The van der Waals surface area contributed by atoms with Crippen LogP contribution in [0.3, 0.4) is 0 Å². The first-order valence-electron chi connectivity index (χ1n) is 10.2. The molecular weight excluding hydrogens is 416 g/mol. The molecular formula is C23H32N2O5S. The zero-order valence-electron chi connectivity index (χ0n) is 19.0. The molecule has 0 aromatic heterocycles. The molecule has 7 nitrogen and oxygen atoms in total. The second kappa shape index (κ2) is 10.5. The summed E-state index contributed by atoms with van der Waals surface area (Å²) in [5, 5.41) is 2.99. The van der Waals surface area contributed by atoms with Crippen molar-refractivity contribution in [1.82, 2.24) is 5.32 Å². The van der Waals surface area contributed by atoms with E-state index in [1.165, 1.54) is 26.4 Å². The van der Waals surface area contributed by atoms with Crippen LogP contribution in [0.5, 0.6) is 11.5 Å². The lowest BCUT2D eigenvalue weighted by atomic mass is 9.93. The standard InChI is InChI=1S/C23H32N2O5S/c1-16(2)23(17(3)4)24-22(26)15-25(31(27,28)19-10-8-7-9-11-19)20-14-18(29-5)12-13-21(20)30-6/h7-14,16-17,23H,15H2,1-6H3,(H,24,26). The number of sulfonamides is 1. The van der Waals surface area contributed by atoms with Crippen LogP contribution in [0.4, 0.5) is 5.69 Å². The van der Waals surface area contributed by atoms with Gasteiger partial charge < -0.3 is 14.8 Å². The molecule has 1 amide bonds. The Morgan fingerprint density at radius 1 is 0.968 bits per heavy atom. The molecule has 0 radical (unpaired) electrons. The SMILES string of the molecule is COc1ccc(OC)c(N(CC(=O)NC(C(C)C)C(C)C)S(=O)(=O)c2ccccc2)c1. The predicted octanol–water partition coefficient (Wildman–Crippen LogP) is 3.70. The Balaban J connectivity index is 2.53. The molecule has 0 saturated heterocycles. The first-order valence-corrected chi connectivity index (χ1v) is 11.6. The van der Waals surface area contributed by atoms with Crippen LogP contribution in [0.25, 0.3) is 0 Å². The third-order valence-electron chi connectivity index (χ3n) is 5.04. The van der Waals surface area contributed by atoms with E-state index in [-0.39, 0.29) is 28.5 Å². The van der Waals surface area contributed by atoms with Crippen molar-refractivity contribution in [2.45, 2.75) is 38.6 Å². The molecule has 0 unspecified atom stereocenters. The van der Waals surface area contributed by atoms with Crippen LogP contribution in [0.1, 0.15) is 27.7 Å². The fourth-order valence-electron chi connectivity index (χ4n) is 3.48. The van der Waals surface area contributed by atoms with Gasteiger partial charge >= 0.3 is 0 Å². The van der Waals surface area contributed by atoms with Gasteiger partial charge in [0.15, 0.2) is 0 Å². The summed E-state index contributed by atoms with van der Waals surface area (Å²) in [6.45, 7) is 7.70. The highest BCUT2D eigenvalue weighted by atomic mass is 32.2. The van der Waals surface area contributed by atoms with Gasteiger partial charge in [0, 0.05) is 12.1 Å². The van der Waals surface area contributed by atoms with E-state index in [4.69, 9.17) is 9.47 Å². The zero-order chi connectivity index (χ0) is 23.2. The van der Waals surface area contributed by atoms with Gasteiger partial charge in [-0.25, -0.2) is 8.42 Å². The lowest BCUT2D eigenvalue weighted by molar-refractivity contribution is -0.121. The van der Waals surface area contributed by atoms with Crippen LogP contribution in [0, 0.1) is 11.8 Å². The van der Waals surface area contributed by atoms with Crippen molar-refractivity contribution in [3.63, 3.8) is 0 Å². The number of anilines is 1. The van der Waals surface area contributed by atoms with E-state index >= 15 is 0 Å². The minimum atomic E-state index is -4.05. The van der Waals surface area contributed by atoms with Gasteiger partial charge in [0.1, 0.15) is 18.0 Å². The second-order valence-electron chi connectivity index (χ2n) is 7.94. The minimum Gasteiger partial charge on any atom is -0.497 e. The van der Waals surface area contributed by atoms with Crippen LogP contribution in [-0.2, 0) is 14.8 Å². The Bertz CT molecular complexity index is 967. The summed E-state index contributed by atoms with van der Waals surface area (Å²) in [7, 11) is -1.11. The van der Waals surface area contributed by atoms with Crippen LogP contribution in [0.2, 0.25) is 0 Å². The number of benzene rings is 2. The molecule has 8 heteroatoms. The summed E-state index contributed by atoms with van der Waals surface area (Å²) in [5.74, 6) is 0.782. The fraction of sp³-hybridized carbons (Fsp3) is 0.435. The monoisotopic (exact) mass is 448 g/mol. The highest BCUT2D eigenvalue weighted by Crippen LogP contribution is 2.35. The molecule has 0 spiro atoms. The van der Waals surface area contributed by atoms with Crippen LogP contribution in [-0.4, -0.2) is 41.1 Å². The van der Waals surface area contributed by atoms with E-state index in [0.717, 1.165) is 4.31 Å². The summed E-state index contributed by atoms with van der Waals surface area (Å²) in [4.78, 5) is 13.1. The van der Waals surface area contributed by atoms with E-state index < -0.39 is 22.5 Å². The Morgan fingerprint density at radius 3 is 2.10 bits per heavy atom. The molecule has 1 N–H and O–H groups in total. The van der Waals surface area contributed by atoms with Crippen LogP contribution < -0.4 is 19.1 Å². The van der Waals surface area contributed by atoms with E-state index in [2.05, 4.69) is 5.32 Å². The van der Waals surface area contributed by atoms with Crippen molar-refractivity contribution in [2.24, 2.45) is 11.8 Å². The van der Waals surface area contributed by atoms with Gasteiger partial charge in [-0.05, 0) is 36.1 Å². The molecule has 170 valence electrons. The van der Waals surface area contributed by atoms with E-state index in [1.807, 2.05) is 27.7 Å². The largest absolute Gasteiger partial charge is 0.497 e. The number of hydrogen-bond donors (Lipinski definition) is 1. The molecule has 0 aliphatic heterocycles. The smallest absolute Gasteiger partial charge is 0.264 e. The molecule has 0 aliphatic rings. The Morgan fingerprint density at radius 2 is 1.58 bits per heavy atom. The fourth-order valence-corrected chi connectivity index (χ4v) is 4.92. The number of amides is 1. The Labute approximate surface area is 185 Å². The van der Waals surface area contributed by atoms with Crippen molar-refractivity contribution >= 4 is 21.6 Å². The number of hydrogen-bond acceptors (Lipinski definition) is 5. The zero-order valence-corrected chi connectivity index (χ0v) is 19.8. The number of methoxy groups -OCH3 is 2. The van der Waals surface area contributed by atoms with Gasteiger partial charge in [0.2, 0.25) is 5.91 Å². The first-order chi connectivity index (χ1) is 14.6. The lowest BCUT2D eigenvalue weighted by Crippen LogP contribution is -2.48. The van der Waals surface area contributed by atoms with Crippen molar-refractivity contribution in [1.29, 1.82) is 0 Å². The van der Waals surface area contributed by atoms with E-state index in [0.29, 0.717) is 11.5 Å². The molecule has 2 aromatic carbocycles. The van der Waals surface area contributed by atoms with Gasteiger partial charge in [-0.15, -0.1) is 0 Å². The minimum absolute atomic E-state index is 0.0805. The maximum atomic E-state index is 13.5. The number of ether oxygens (including phenoxy) is 2. The normalized spacial score (nSPS) is 11.6. The molecule has 0 fully saturated rings. The molecule has 0 atom stereocenters. The molecule has 0 heterocycles. The quantitative estimate of drug-likeness (QED) is 0.599. The average Bonchev–Trinajstić information content (AvgIpc) is 2.75. The number of nitrogens with one attached hydrogen (secondary N) is 1. The van der Waals surface area contributed by atoms with Gasteiger partial charge in [-0.3, -0.25) is 9.10 Å². The molecule has 2 rings (SSSR count). The predicted molar refractivity (Wildman–Crippen MR) is 122 cm³/mol. The van der Waals surface area contributed by atoms with Gasteiger partial charge in [0.05, 0.1) is 24.8 Å².